The highest BCUT2D eigenvalue weighted by atomic mass is 31.2. The quantitative estimate of drug-likeness (QED) is 0.376. The molecule has 0 saturated heterocycles. The number of rotatable bonds is 2. The minimum absolute atomic E-state index is 0.0739. The van der Waals surface area contributed by atoms with Gasteiger partial charge in [-0.15, -0.1) is 0 Å². The molecule has 0 amide bonds. The molecule has 1 fully saturated rings. The molecule has 0 spiro atoms. The van der Waals surface area contributed by atoms with Crippen LogP contribution in [0.15, 0.2) is 0 Å². The summed E-state index contributed by atoms with van der Waals surface area (Å²) in [7, 11) is -4.70. The third-order valence-corrected chi connectivity index (χ3v) is 3.09. The van der Waals surface area contributed by atoms with Gasteiger partial charge in [-0.1, -0.05) is 6.92 Å². The lowest BCUT2D eigenvalue weighted by Gasteiger charge is -2.38. The van der Waals surface area contributed by atoms with E-state index >= 15 is 0 Å². The first-order valence-corrected chi connectivity index (χ1v) is 6.03. The molecule has 1 aliphatic carbocycles. The van der Waals surface area contributed by atoms with Crippen molar-refractivity contribution in [2.24, 2.45) is 5.92 Å². The van der Waals surface area contributed by atoms with Crippen LogP contribution in [0.5, 0.6) is 0 Å². The van der Waals surface area contributed by atoms with Gasteiger partial charge in [0.2, 0.25) is 0 Å². The summed E-state index contributed by atoms with van der Waals surface area (Å²) >= 11 is 0. The van der Waals surface area contributed by atoms with E-state index in [9.17, 15) is 19.9 Å². The van der Waals surface area contributed by atoms with Crippen LogP contribution >= 0.6 is 7.82 Å². The summed E-state index contributed by atoms with van der Waals surface area (Å²) in [6.07, 6.45) is -5.16. The highest BCUT2D eigenvalue weighted by molar-refractivity contribution is 7.46. The van der Waals surface area contributed by atoms with Gasteiger partial charge in [0.1, 0.15) is 12.2 Å². The van der Waals surface area contributed by atoms with Gasteiger partial charge in [-0.05, 0) is 12.3 Å². The van der Waals surface area contributed by atoms with Crippen LogP contribution in [-0.2, 0) is 9.09 Å². The van der Waals surface area contributed by atoms with Crippen molar-refractivity contribution in [2.75, 3.05) is 0 Å². The van der Waals surface area contributed by atoms with Gasteiger partial charge >= 0.3 is 7.82 Å². The standard InChI is InChI=1S/C7H15O7P/c1-3-2-4(14-15(11,12)13)6(9)7(10)5(3)8/h3-10H,2H2,1H3,(H2,11,12,13)/t3-,4-,5+,6+,7-/m1/s1. The van der Waals surface area contributed by atoms with Crippen molar-refractivity contribution < 1.29 is 34.2 Å². The molecule has 1 rings (SSSR count). The van der Waals surface area contributed by atoms with E-state index in [0.29, 0.717) is 0 Å². The molecule has 0 bridgehead atoms. The SMILES string of the molecule is C[C@@H]1C[C@@H](OP(=O)(O)O)[C@H](O)[C@H](O)[C@H]1O. The zero-order valence-electron chi connectivity index (χ0n) is 8.09. The Morgan fingerprint density at radius 1 is 1.13 bits per heavy atom. The molecule has 15 heavy (non-hydrogen) atoms. The molecule has 0 aromatic rings. The van der Waals surface area contributed by atoms with Gasteiger partial charge in [0.05, 0.1) is 12.2 Å². The van der Waals surface area contributed by atoms with E-state index < -0.39 is 38.2 Å². The van der Waals surface area contributed by atoms with Crippen molar-refractivity contribution in [3.63, 3.8) is 0 Å². The van der Waals surface area contributed by atoms with E-state index in [2.05, 4.69) is 4.52 Å². The van der Waals surface area contributed by atoms with Crippen molar-refractivity contribution in [3.8, 4) is 0 Å². The molecular formula is C7H15O7P. The second kappa shape index (κ2) is 4.47. The minimum Gasteiger partial charge on any atom is -0.390 e. The molecule has 5 N–H and O–H groups in total. The Bertz CT molecular complexity index is 264. The van der Waals surface area contributed by atoms with Crippen molar-refractivity contribution in [2.45, 2.75) is 37.8 Å². The monoisotopic (exact) mass is 242 g/mol. The van der Waals surface area contributed by atoms with Crippen molar-refractivity contribution in [3.05, 3.63) is 0 Å². The van der Waals surface area contributed by atoms with Crippen molar-refractivity contribution in [1.29, 1.82) is 0 Å². The summed E-state index contributed by atoms with van der Waals surface area (Å²) in [5.74, 6) is -0.403. The summed E-state index contributed by atoms with van der Waals surface area (Å²) in [6, 6.07) is 0. The van der Waals surface area contributed by atoms with Gasteiger partial charge in [0, 0.05) is 0 Å². The topological polar surface area (TPSA) is 127 Å². The third kappa shape index (κ3) is 3.22. The average molecular weight is 242 g/mol. The van der Waals surface area contributed by atoms with E-state index in [1.807, 2.05) is 0 Å². The average Bonchev–Trinajstić information content (AvgIpc) is 2.08. The van der Waals surface area contributed by atoms with Gasteiger partial charge in [0.25, 0.3) is 0 Å². The molecule has 0 heterocycles. The maximum atomic E-state index is 10.6. The summed E-state index contributed by atoms with van der Waals surface area (Å²) in [5, 5.41) is 28.1. The Morgan fingerprint density at radius 3 is 2.13 bits per heavy atom. The van der Waals surface area contributed by atoms with Crippen molar-refractivity contribution >= 4 is 7.82 Å². The molecule has 0 unspecified atom stereocenters. The number of hydrogen-bond acceptors (Lipinski definition) is 5. The molecule has 7 nitrogen and oxygen atoms in total. The number of aliphatic hydroxyl groups is 3. The number of phosphoric acid groups is 1. The lowest BCUT2D eigenvalue weighted by atomic mass is 9.82. The second-order valence-corrected chi connectivity index (χ2v) is 5.01. The highest BCUT2D eigenvalue weighted by Gasteiger charge is 2.43. The Labute approximate surface area is 86.6 Å². The normalized spacial score (nSPS) is 42.9. The van der Waals surface area contributed by atoms with Gasteiger partial charge in [-0.25, -0.2) is 4.57 Å². The fourth-order valence-electron chi connectivity index (χ4n) is 1.69. The largest absolute Gasteiger partial charge is 0.469 e. The highest BCUT2D eigenvalue weighted by Crippen LogP contribution is 2.42. The predicted molar refractivity (Wildman–Crippen MR) is 48.7 cm³/mol. The Hall–Kier alpha value is -0.0100. The van der Waals surface area contributed by atoms with Crippen LogP contribution in [0.2, 0.25) is 0 Å². The number of phosphoric ester groups is 1. The lowest BCUT2D eigenvalue weighted by Crippen LogP contribution is -2.53. The van der Waals surface area contributed by atoms with Gasteiger partial charge < -0.3 is 25.1 Å². The van der Waals surface area contributed by atoms with Crippen molar-refractivity contribution in [1.82, 2.24) is 0 Å². The Morgan fingerprint density at radius 2 is 1.67 bits per heavy atom. The van der Waals surface area contributed by atoms with E-state index in [-0.39, 0.29) is 6.42 Å². The third-order valence-electron chi connectivity index (χ3n) is 2.54. The molecule has 0 aliphatic heterocycles. The zero-order chi connectivity index (χ0) is 11.8. The fourth-order valence-corrected chi connectivity index (χ4v) is 2.25. The van der Waals surface area contributed by atoms with Gasteiger partial charge in [0.15, 0.2) is 0 Å². The van der Waals surface area contributed by atoms with E-state index in [1.54, 1.807) is 6.92 Å². The van der Waals surface area contributed by atoms with E-state index in [4.69, 9.17) is 9.79 Å². The summed E-state index contributed by atoms with van der Waals surface area (Å²) < 4.78 is 14.9. The number of aliphatic hydroxyl groups excluding tert-OH is 3. The van der Waals surface area contributed by atoms with Crippen LogP contribution in [0.25, 0.3) is 0 Å². The first-order chi connectivity index (χ1) is 6.72. The molecule has 0 aromatic carbocycles. The molecule has 1 aliphatic rings. The fraction of sp³-hybridized carbons (Fsp3) is 1.00. The molecule has 1 saturated carbocycles. The second-order valence-electron chi connectivity index (χ2n) is 3.82. The molecule has 8 heteroatoms. The smallest absolute Gasteiger partial charge is 0.390 e. The molecule has 90 valence electrons. The van der Waals surface area contributed by atoms with Crippen LogP contribution in [-0.4, -0.2) is 49.5 Å². The zero-order valence-corrected chi connectivity index (χ0v) is 8.99. The summed E-state index contributed by atoms with van der Waals surface area (Å²) in [5.41, 5.74) is 0. The summed E-state index contributed by atoms with van der Waals surface area (Å²) in [6.45, 7) is 1.59. The predicted octanol–water partition coefficient (Wildman–Crippen LogP) is -1.41. The van der Waals surface area contributed by atoms with Crippen LogP contribution in [0.1, 0.15) is 13.3 Å². The molecular weight excluding hydrogens is 227 g/mol. The first-order valence-electron chi connectivity index (χ1n) is 4.50. The molecule has 5 atom stereocenters. The van der Waals surface area contributed by atoms with Crippen LogP contribution in [0.3, 0.4) is 0 Å². The number of hydrogen-bond donors (Lipinski definition) is 5. The minimum atomic E-state index is -4.70. The molecule has 0 aromatic heterocycles. The molecule has 0 radical (unpaired) electrons. The Kier molecular flexibility index (Phi) is 3.89. The van der Waals surface area contributed by atoms with Crippen LogP contribution in [0, 0.1) is 5.92 Å². The maximum Gasteiger partial charge on any atom is 0.469 e. The van der Waals surface area contributed by atoms with Crippen LogP contribution < -0.4 is 0 Å². The van der Waals surface area contributed by atoms with Gasteiger partial charge in [-0.3, -0.25) is 4.52 Å². The van der Waals surface area contributed by atoms with E-state index in [1.165, 1.54) is 0 Å². The van der Waals surface area contributed by atoms with Crippen LogP contribution in [0.4, 0.5) is 0 Å². The first kappa shape index (κ1) is 13.1. The van der Waals surface area contributed by atoms with E-state index in [0.717, 1.165) is 0 Å². The lowest BCUT2D eigenvalue weighted by molar-refractivity contribution is -0.151. The van der Waals surface area contributed by atoms with Gasteiger partial charge in [-0.2, -0.15) is 0 Å². The summed E-state index contributed by atoms with van der Waals surface area (Å²) in [4.78, 5) is 17.1. The Balaban J connectivity index is 2.71. The maximum absolute atomic E-state index is 10.6.